The predicted molar refractivity (Wildman–Crippen MR) is 102 cm³/mol. The Morgan fingerprint density at radius 3 is 2.48 bits per heavy atom. The van der Waals surface area contributed by atoms with Crippen LogP contribution in [0.2, 0.25) is 0 Å². The van der Waals surface area contributed by atoms with Crippen molar-refractivity contribution in [2.75, 3.05) is 51.4 Å². The van der Waals surface area contributed by atoms with Crippen LogP contribution < -0.4 is 10.6 Å². The van der Waals surface area contributed by atoms with E-state index >= 15 is 0 Å². The lowest BCUT2D eigenvalue weighted by Gasteiger charge is -2.39. The van der Waals surface area contributed by atoms with Crippen LogP contribution in [0, 0.1) is 5.92 Å². The van der Waals surface area contributed by atoms with E-state index in [9.17, 15) is 8.42 Å². The summed E-state index contributed by atoms with van der Waals surface area (Å²) in [5, 5.41) is 6.70. The first-order chi connectivity index (χ1) is 12.0. The molecular weight excluding hydrogens is 340 g/mol. The van der Waals surface area contributed by atoms with Gasteiger partial charge in [0.1, 0.15) is 0 Å². The van der Waals surface area contributed by atoms with Gasteiger partial charge in [0.15, 0.2) is 15.8 Å². The number of guanidine groups is 1. The Labute approximate surface area is 152 Å². The van der Waals surface area contributed by atoms with Crippen molar-refractivity contribution >= 4 is 15.8 Å². The van der Waals surface area contributed by atoms with E-state index in [0.29, 0.717) is 24.3 Å². The Kier molecular flexibility index (Phi) is 7.96. The van der Waals surface area contributed by atoms with Gasteiger partial charge in [0.25, 0.3) is 0 Å². The molecule has 0 aromatic heterocycles. The van der Waals surface area contributed by atoms with Crippen LogP contribution in [0.15, 0.2) is 4.99 Å². The smallest absolute Gasteiger partial charge is 0.191 e. The normalized spacial score (nSPS) is 25.9. The van der Waals surface area contributed by atoms with Crippen LogP contribution in [0.4, 0.5) is 0 Å². The highest BCUT2D eigenvalue weighted by Gasteiger charge is 2.30. The largest absolute Gasteiger partial charge is 0.379 e. The molecule has 2 heterocycles. The van der Waals surface area contributed by atoms with E-state index in [1.807, 2.05) is 0 Å². The molecule has 2 rings (SSSR count). The van der Waals surface area contributed by atoms with Crippen LogP contribution >= 0.6 is 0 Å². The van der Waals surface area contributed by atoms with Crippen molar-refractivity contribution in [2.45, 2.75) is 45.2 Å². The number of morpholine rings is 1. The van der Waals surface area contributed by atoms with Gasteiger partial charge < -0.3 is 15.4 Å². The number of rotatable bonds is 7. The Bertz CT molecular complexity index is 528. The highest BCUT2D eigenvalue weighted by molar-refractivity contribution is 7.91. The maximum absolute atomic E-state index is 11.6. The molecule has 0 bridgehead atoms. The second-order valence-corrected chi connectivity index (χ2v) is 9.22. The van der Waals surface area contributed by atoms with Crippen LogP contribution in [0.5, 0.6) is 0 Å². The molecule has 0 aromatic rings. The van der Waals surface area contributed by atoms with Gasteiger partial charge in [-0.05, 0) is 12.3 Å². The summed E-state index contributed by atoms with van der Waals surface area (Å²) in [6, 6.07) is 0.399. The lowest BCUT2D eigenvalue weighted by Crippen LogP contribution is -2.54. The molecule has 2 N–H and O–H groups in total. The fraction of sp³-hybridized carbons (Fsp3) is 0.941. The second kappa shape index (κ2) is 9.73. The Hall–Kier alpha value is -0.860. The van der Waals surface area contributed by atoms with Gasteiger partial charge in [-0.25, -0.2) is 8.42 Å². The minimum Gasteiger partial charge on any atom is -0.379 e. The molecule has 0 radical (unpaired) electrons. The number of hydrogen-bond acceptors (Lipinski definition) is 5. The Morgan fingerprint density at radius 2 is 1.96 bits per heavy atom. The van der Waals surface area contributed by atoms with Gasteiger partial charge in [0.2, 0.25) is 0 Å². The van der Waals surface area contributed by atoms with Crippen LogP contribution in [0.25, 0.3) is 0 Å². The van der Waals surface area contributed by atoms with Crippen molar-refractivity contribution in [1.29, 1.82) is 0 Å². The molecule has 8 heteroatoms. The average Bonchev–Trinajstić information content (AvgIpc) is 2.96. The van der Waals surface area contributed by atoms with Crippen LogP contribution in [-0.2, 0) is 14.6 Å². The summed E-state index contributed by atoms with van der Waals surface area (Å²) in [6.07, 6.45) is 2.95. The SMILES string of the molecule is CCC(CC)C(CNC(=NC)NC1CCS(=O)(=O)C1)N1CCOCC1. The third-order valence-corrected chi connectivity index (χ3v) is 7.15. The summed E-state index contributed by atoms with van der Waals surface area (Å²) in [6.45, 7) is 8.83. The molecule has 0 aromatic carbocycles. The van der Waals surface area contributed by atoms with Gasteiger partial charge in [-0.15, -0.1) is 0 Å². The number of hydrogen-bond donors (Lipinski definition) is 2. The molecule has 2 fully saturated rings. The zero-order valence-electron chi connectivity index (χ0n) is 15.8. The maximum Gasteiger partial charge on any atom is 0.191 e. The molecule has 0 aliphatic carbocycles. The summed E-state index contributed by atoms with van der Waals surface area (Å²) in [5.74, 6) is 1.79. The zero-order chi connectivity index (χ0) is 18.3. The third kappa shape index (κ3) is 6.11. The van der Waals surface area contributed by atoms with Crippen molar-refractivity contribution in [3.8, 4) is 0 Å². The van der Waals surface area contributed by atoms with Gasteiger partial charge in [-0.2, -0.15) is 0 Å². The molecule has 2 aliphatic heterocycles. The molecule has 2 atom stereocenters. The van der Waals surface area contributed by atoms with Crippen molar-refractivity contribution in [3.63, 3.8) is 0 Å². The summed E-state index contributed by atoms with van der Waals surface area (Å²) >= 11 is 0. The first kappa shape index (κ1) is 20.5. The monoisotopic (exact) mass is 374 g/mol. The molecule has 2 saturated heterocycles. The van der Waals surface area contributed by atoms with Crippen LogP contribution in [-0.4, -0.2) is 82.8 Å². The third-order valence-electron chi connectivity index (χ3n) is 5.38. The van der Waals surface area contributed by atoms with Crippen molar-refractivity contribution in [1.82, 2.24) is 15.5 Å². The quantitative estimate of drug-likeness (QED) is 0.498. The van der Waals surface area contributed by atoms with Crippen molar-refractivity contribution < 1.29 is 13.2 Å². The predicted octanol–water partition coefficient (Wildman–Crippen LogP) is 0.476. The topological polar surface area (TPSA) is 83.0 Å². The van der Waals surface area contributed by atoms with E-state index < -0.39 is 9.84 Å². The number of ether oxygens (including phenoxy) is 1. The fourth-order valence-electron chi connectivity index (χ4n) is 3.83. The van der Waals surface area contributed by atoms with Gasteiger partial charge >= 0.3 is 0 Å². The molecule has 2 aliphatic rings. The minimum absolute atomic E-state index is 0.0359. The molecule has 7 nitrogen and oxygen atoms in total. The van der Waals surface area contributed by atoms with E-state index in [1.54, 1.807) is 7.05 Å². The number of nitrogens with one attached hydrogen (secondary N) is 2. The Balaban J connectivity index is 1.92. The van der Waals surface area contributed by atoms with E-state index in [4.69, 9.17) is 4.74 Å². The van der Waals surface area contributed by atoms with Crippen molar-refractivity contribution in [3.05, 3.63) is 0 Å². The first-order valence-electron chi connectivity index (χ1n) is 9.48. The standard InChI is InChI=1S/C17H34N4O3S/c1-4-14(5-2)16(21-7-9-24-10-8-21)12-19-17(18-3)20-15-6-11-25(22,23)13-15/h14-16H,4-13H2,1-3H3,(H2,18,19,20). The van der Waals surface area contributed by atoms with E-state index in [0.717, 1.165) is 45.7 Å². The molecular formula is C17H34N4O3S. The second-order valence-electron chi connectivity index (χ2n) is 6.99. The zero-order valence-corrected chi connectivity index (χ0v) is 16.6. The van der Waals surface area contributed by atoms with E-state index in [-0.39, 0.29) is 17.5 Å². The highest BCUT2D eigenvalue weighted by atomic mass is 32.2. The summed E-state index contributed by atoms with van der Waals surface area (Å²) in [7, 11) is -1.15. The number of sulfone groups is 1. The minimum atomic E-state index is -2.89. The summed E-state index contributed by atoms with van der Waals surface area (Å²) in [5.41, 5.74) is 0. The highest BCUT2D eigenvalue weighted by Crippen LogP contribution is 2.19. The first-order valence-corrected chi connectivity index (χ1v) is 11.3. The van der Waals surface area contributed by atoms with Gasteiger partial charge in [-0.3, -0.25) is 9.89 Å². The summed E-state index contributed by atoms with van der Waals surface area (Å²) in [4.78, 5) is 6.80. The number of aliphatic imine (C=N–C) groups is 1. The Morgan fingerprint density at radius 1 is 1.28 bits per heavy atom. The lowest BCUT2D eigenvalue weighted by atomic mass is 9.92. The van der Waals surface area contributed by atoms with Gasteiger partial charge in [-0.1, -0.05) is 26.7 Å². The molecule has 0 saturated carbocycles. The van der Waals surface area contributed by atoms with Crippen LogP contribution in [0.1, 0.15) is 33.1 Å². The molecule has 25 heavy (non-hydrogen) atoms. The molecule has 0 amide bonds. The lowest BCUT2D eigenvalue weighted by molar-refractivity contribution is 0.00271. The van der Waals surface area contributed by atoms with Crippen LogP contribution in [0.3, 0.4) is 0 Å². The molecule has 146 valence electrons. The number of nitrogens with zero attached hydrogens (tertiary/aromatic N) is 2. The van der Waals surface area contributed by atoms with E-state index in [1.165, 1.54) is 0 Å². The van der Waals surface area contributed by atoms with Crippen molar-refractivity contribution in [2.24, 2.45) is 10.9 Å². The fourth-order valence-corrected chi connectivity index (χ4v) is 5.51. The maximum atomic E-state index is 11.6. The summed E-state index contributed by atoms with van der Waals surface area (Å²) < 4.78 is 28.8. The van der Waals surface area contributed by atoms with E-state index in [2.05, 4.69) is 34.4 Å². The van der Waals surface area contributed by atoms with Gasteiger partial charge in [0, 0.05) is 38.8 Å². The molecule has 2 unspecified atom stereocenters. The molecule has 0 spiro atoms. The average molecular weight is 375 g/mol. The van der Waals surface area contributed by atoms with Gasteiger partial charge in [0.05, 0.1) is 24.7 Å².